The normalized spacial score (nSPS) is 14.9. The molecule has 0 bridgehead atoms. The van der Waals surface area contributed by atoms with E-state index in [4.69, 9.17) is 5.73 Å². The SMILES string of the molecule is CSCCC(NC(=O)C(CO)NC(=O)C(CCSC)NC(=O)C(N)CS)C(=O)O. The lowest BCUT2D eigenvalue weighted by Crippen LogP contribution is -2.58. The fourth-order valence-electron chi connectivity index (χ4n) is 2.10. The molecule has 13 heteroatoms. The van der Waals surface area contributed by atoms with Gasteiger partial charge in [0.05, 0.1) is 12.6 Å². The molecule has 0 rings (SSSR count). The van der Waals surface area contributed by atoms with Crippen molar-refractivity contribution in [2.75, 3.05) is 36.4 Å². The second-order valence-corrected chi connectivity index (χ2v) is 8.39. The Kier molecular flexibility index (Phi) is 15.0. The van der Waals surface area contributed by atoms with Crippen molar-refractivity contribution in [1.82, 2.24) is 16.0 Å². The molecule has 0 saturated carbocycles. The number of carbonyl (C=O) groups is 4. The average Bonchev–Trinajstić information content (AvgIpc) is 2.70. The van der Waals surface area contributed by atoms with Crippen LogP contribution >= 0.6 is 36.2 Å². The van der Waals surface area contributed by atoms with Gasteiger partial charge in [0.15, 0.2) is 0 Å². The highest BCUT2D eigenvalue weighted by molar-refractivity contribution is 7.98. The average molecular weight is 471 g/mol. The minimum Gasteiger partial charge on any atom is -0.480 e. The predicted molar refractivity (Wildman–Crippen MR) is 118 cm³/mol. The minimum absolute atomic E-state index is 0.0942. The number of aliphatic carboxylic acids is 1. The van der Waals surface area contributed by atoms with Crippen molar-refractivity contribution in [2.24, 2.45) is 5.73 Å². The number of thioether (sulfide) groups is 2. The quantitative estimate of drug-likeness (QED) is 0.138. The van der Waals surface area contributed by atoms with Crippen LogP contribution in [0.5, 0.6) is 0 Å². The lowest BCUT2D eigenvalue weighted by atomic mass is 10.1. The Hall–Kier alpha value is -1.15. The molecule has 0 spiro atoms. The van der Waals surface area contributed by atoms with Crippen LogP contribution in [-0.2, 0) is 19.2 Å². The maximum absolute atomic E-state index is 12.6. The van der Waals surface area contributed by atoms with E-state index in [-0.39, 0.29) is 18.6 Å². The largest absolute Gasteiger partial charge is 0.480 e. The van der Waals surface area contributed by atoms with Crippen molar-refractivity contribution in [3.05, 3.63) is 0 Å². The first kappa shape index (κ1) is 27.8. The van der Waals surface area contributed by atoms with Gasteiger partial charge in [0.1, 0.15) is 18.1 Å². The zero-order valence-corrected chi connectivity index (χ0v) is 18.9. The highest BCUT2D eigenvalue weighted by Gasteiger charge is 2.29. The van der Waals surface area contributed by atoms with Crippen LogP contribution in [0.1, 0.15) is 12.8 Å². The van der Waals surface area contributed by atoms with E-state index in [1.807, 2.05) is 6.26 Å². The molecule has 0 aliphatic rings. The molecule has 0 aliphatic heterocycles. The number of thiol groups is 1. The van der Waals surface area contributed by atoms with Crippen molar-refractivity contribution in [1.29, 1.82) is 0 Å². The van der Waals surface area contributed by atoms with Gasteiger partial charge in [-0.15, -0.1) is 0 Å². The fourth-order valence-corrected chi connectivity index (χ4v) is 3.21. The molecule has 4 atom stereocenters. The van der Waals surface area contributed by atoms with Crippen LogP contribution in [-0.4, -0.2) is 94.4 Å². The van der Waals surface area contributed by atoms with E-state index in [0.717, 1.165) is 0 Å². The number of nitrogens with one attached hydrogen (secondary N) is 3. The van der Waals surface area contributed by atoms with E-state index in [9.17, 15) is 29.4 Å². The highest BCUT2D eigenvalue weighted by atomic mass is 32.2. The minimum atomic E-state index is -1.36. The van der Waals surface area contributed by atoms with Gasteiger partial charge in [-0.1, -0.05) is 0 Å². The Morgan fingerprint density at radius 2 is 1.34 bits per heavy atom. The Labute approximate surface area is 184 Å². The van der Waals surface area contributed by atoms with Crippen LogP contribution in [0.25, 0.3) is 0 Å². The van der Waals surface area contributed by atoms with Crippen LogP contribution in [0.3, 0.4) is 0 Å². The van der Waals surface area contributed by atoms with E-state index < -0.39 is 54.5 Å². The molecule has 10 nitrogen and oxygen atoms in total. The second kappa shape index (κ2) is 15.7. The van der Waals surface area contributed by atoms with Gasteiger partial charge in [-0.2, -0.15) is 36.2 Å². The van der Waals surface area contributed by atoms with Gasteiger partial charge in [-0.05, 0) is 36.9 Å². The third-order valence-electron chi connectivity index (χ3n) is 3.82. The summed E-state index contributed by atoms with van der Waals surface area (Å²) in [5.74, 6) is -2.10. The predicted octanol–water partition coefficient (Wildman–Crippen LogP) is -1.72. The number of carboxylic acids is 1. The zero-order valence-electron chi connectivity index (χ0n) is 16.4. The maximum atomic E-state index is 12.6. The summed E-state index contributed by atoms with van der Waals surface area (Å²) in [6.07, 6.45) is 4.12. The van der Waals surface area contributed by atoms with Crippen LogP contribution in [0.15, 0.2) is 0 Å². The number of aliphatic hydroxyl groups is 1. The molecule has 0 heterocycles. The number of carbonyl (C=O) groups excluding carboxylic acids is 3. The number of hydrogen-bond donors (Lipinski definition) is 7. The molecule has 4 unspecified atom stereocenters. The van der Waals surface area contributed by atoms with Gasteiger partial charge >= 0.3 is 5.97 Å². The van der Waals surface area contributed by atoms with Crippen LogP contribution in [0, 0.1) is 0 Å². The van der Waals surface area contributed by atoms with Crippen molar-refractivity contribution < 1.29 is 29.4 Å². The molecule has 0 aromatic rings. The van der Waals surface area contributed by atoms with Gasteiger partial charge in [-0.25, -0.2) is 4.79 Å². The van der Waals surface area contributed by atoms with E-state index in [1.54, 1.807) is 6.26 Å². The Morgan fingerprint density at radius 3 is 1.79 bits per heavy atom. The van der Waals surface area contributed by atoms with Gasteiger partial charge in [-0.3, -0.25) is 14.4 Å². The lowest BCUT2D eigenvalue weighted by molar-refractivity contribution is -0.142. The molecule has 0 saturated heterocycles. The number of nitrogens with two attached hydrogens (primary N) is 1. The molecule has 0 fully saturated rings. The van der Waals surface area contributed by atoms with Gasteiger partial charge in [0, 0.05) is 5.75 Å². The standard InChI is InChI=1S/C16H30N4O6S3/c1-28-5-3-10(18-13(22)9(17)8-27)14(23)20-12(7-21)15(24)19-11(16(25)26)4-6-29-2/h9-12,21,27H,3-8,17H2,1-2H3,(H,18,22)(H,19,24)(H,20,23)(H,25,26). The lowest BCUT2D eigenvalue weighted by Gasteiger charge is -2.24. The summed E-state index contributed by atoms with van der Waals surface area (Å²) >= 11 is 6.84. The van der Waals surface area contributed by atoms with E-state index in [2.05, 4.69) is 28.6 Å². The molecule has 29 heavy (non-hydrogen) atoms. The summed E-state index contributed by atoms with van der Waals surface area (Å²) in [5, 5.41) is 25.9. The number of rotatable bonds is 15. The molecule has 0 radical (unpaired) electrons. The molecule has 3 amide bonds. The topological polar surface area (TPSA) is 171 Å². The van der Waals surface area contributed by atoms with Gasteiger partial charge in [0.2, 0.25) is 17.7 Å². The summed E-state index contributed by atoms with van der Waals surface area (Å²) in [6, 6.07) is -4.35. The first-order chi connectivity index (χ1) is 13.7. The molecule has 0 aromatic heterocycles. The van der Waals surface area contributed by atoms with Crippen LogP contribution < -0.4 is 21.7 Å². The molecular weight excluding hydrogens is 440 g/mol. The summed E-state index contributed by atoms with van der Waals surface area (Å²) in [6.45, 7) is -0.730. The number of hydrogen-bond acceptors (Lipinski definition) is 9. The van der Waals surface area contributed by atoms with E-state index >= 15 is 0 Å². The van der Waals surface area contributed by atoms with Crippen molar-refractivity contribution >= 4 is 59.8 Å². The van der Waals surface area contributed by atoms with E-state index in [1.165, 1.54) is 23.5 Å². The molecule has 0 aliphatic carbocycles. The van der Waals surface area contributed by atoms with Crippen molar-refractivity contribution in [2.45, 2.75) is 37.0 Å². The molecule has 168 valence electrons. The van der Waals surface area contributed by atoms with Crippen LogP contribution in [0.4, 0.5) is 0 Å². The van der Waals surface area contributed by atoms with Crippen molar-refractivity contribution in [3.63, 3.8) is 0 Å². The van der Waals surface area contributed by atoms with E-state index in [0.29, 0.717) is 11.5 Å². The first-order valence-corrected chi connectivity index (χ1v) is 12.2. The second-order valence-electron chi connectivity index (χ2n) is 6.06. The number of amides is 3. The Morgan fingerprint density at radius 1 is 0.897 bits per heavy atom. The first-order valence-electron chi connectivity index (χ1n) is 8.80. The molecule has 0 aromatic carbocycles. The van der Waals surface area contributed by atoms with Crippen LogP contribution in [0.2, 0.25) is 0 Å². The Bertz CT molecular complexity index is 555. The number of aliphatic hydroxyl groups excluding tert-OH is 1. The summed E-state index contributed by atoms with van der Waals surface area (Å²) in [4.78, 5) is 48.1. The van der Waals surface area contributed by atoms with Crippen molar-refractivity contribution in [3.8, 4) is 0 Å². The Balaban J connectivity index is 5.08. The third kappa shape index (κ3) is 11.0. The van der Waals surface area contributed by atoms with Gasteiger partial charge in [0.25, 0.3) is 0 Å². The monoisotopic (exact) mass is 470 g/mol. The summed E-state index contributed by atoms with van der Waals surface area (Å²) in [5.41, 5.74) is 5.61. The van der Waals surface area contributed by atoms with Gasteiger partial charge < -0.3 is 31.9 Å². The third-order valence-corrected chi connectivity index (χ3v) is 5.50. The number of carboxylic acid groups (broad SMARTS) is 1. The smallest absolute Gasteiger partial charge is 0.326 e. The zero-order chi connectivity index (χ0) is 22.4. The maximum Gasteiger partial charge on any atom is 0.326 e. The summed E-state index contributed by atoms with van der Waals surface area (Å²) in [7, 11) is 0. The molecular formula is C16H30N4O6S3. The fraction of sp³-hybridized carbons (Fsp3) is 0.750. The molecule has 7 N–H and O–H groups in total. The highest BCUT2D eigenvalue weighted by Crippen LogP contribution is 2.04. The summed E-state index contributed by atoms with van der Waals surface area (Å²) < 4.78 is 0.